The fourth-order valence-corrected chi connectivity index (χ4v) is 3.89. The molecule has 3 heteroatoms. The number of anilines is 1. The average molecular weight is 256 g/mol. The van der Waals surface area contributed by atoms with Crippen molar-refractivity contribution in [2.24, 2.45) is 5.92 Å². The molecule has 1 fully saturated rings. The maximum atomic E-state index is 12.0. The second-order valence-electron chi connectivity index (χ2n) is 6.15. The molecule has 19 heavy (non-hydrogen) atoms. The highest BCUT2D eigenvalue weighted by atomic mass is 16.2. The highest BCUT2D eigenvalue weighted by Crippen LogP contribution is 2.38. The Labute approximate surface area is 114 Å². The monoisotopic (exact) mass is 256 g/mol. The summed E-state index contributed by atoms with van der Waals surface area (Å²) >= 11 is 0. The molecule has 1 unspecified atom stereocenters. The fraction of sp³-hybridized carbons (Fsp3) is 0.562. The van der Waals surface area contributed by atoms with Crippen molar-refractivity contribution in [1.29, 1.82) is 0 Å². The molecule has 0 saturated carbocycles. The minimum absolute atomic E-state index is 0.302. The molecule has 0 aliphatic carbocycles. The van der Waals surface area contributed by atoms with E-state index < -0.39 is 0 Å². The van der Waals surface area contributed by atoms with Gasteiger partial charge in [-0.2, -0.15) is 0 Å². The second-order valence-corrected chi connectivity index (χ2v) is 6.15. The quantitative estimate of drug-likeness (QED) is 0.873. The van der Waals surface area contributed by atoms with Crippen LogP contribution >= 0.6 is 0 Å². The number of carbonyl (C=O) groups excluding carboxylic acids is 1. The third kappa shape index (κ3) is 1.88. The number of rotatable bonds is 2. The van der Waals surface area contributed by atoms with Crippen LogP contribution in [-0.4, -0.2) is 25.5 Å². The molecule has 1 aromatic carbocycles. The molecule has 1 atom stereocenters. The van der Waals surface area contributed by atoms with Gasteiger partial charge in [-0.1, -0.05) is 12.1 Å². The lowest BCUT2D eigenvalue weighted by molar-refractivity contribution is -0.117. The van der Waals surface area contributed by atoms with Gasteiger partial charge in [0.15, 0.2) is 0 Å². The van der Waals surface area contributed by atoms with Gasteiger partial charge in [-0.25, -0.2) is 0 Å². The Morgan fingerprint density at radius 1 is 1.32 bits per heavy atom. The van der Waals surface area contributed by atoms with E-state index in [0.717, 1.165) is 38.4 Å². The largest absolute Gasteiger partial charge is 0.316 e. The summed E-state index contributed by atoms with van der Waals surface area (Å²) in [6, 6.07) is 4.66. The fourth-order valence-electron chi connectivity index (χ4n) is 3.89. The predicted molar refractivity (Wildman–Crippen MR) is 75.5 cm³/mol. The van der Waals surface area contributed by atoms with Gasteiger partial charge in [0.2, 0.25) is 5.91 Å². The van der Waals surface area contributed by atoms with Gasteiger partial charge in [-0.15, -0.1) is 0 Å². The smallest absolute Gasteiger partial charge is 0.231 e. The van der Waals surface area contributed by atoms with E-state index in [1.165, 1.54) is 35.2 Å². The molecule has 0 aromatic heterocycles. The van der Waals surface area contributed by atoms with Gasteiger partial charge in [-0.05, 0) is 61.4 Å². The molecular weight excluding hydrogens is 236 g/mol. The summed E-state index contributed by atoms with van der Waals surface area (Å²) in [5, 5.41) is 3.44. The Morgan fingerprint density at radius 3 is 3.05 bits per heavy atom. The van der Waals surface area contributed by atoms with Crippen molar-refractivity contribution >= 4 is 11.6 Å². The highest BCUT2D eigenvalue weighted by molar-refractivity contribution is 6.02. The molecule has 3 aliphatic heterocycles. The summed E-state index contributed by atoms with van der Waals surface area (Å²) in [5.74, 6) is 1.08. The summed E-state index contributed by atoms with van der Waals surface area (Å²) in [5.41, 5.74) is 5.39. The van der Waals surface area contributed by atoms with E-state index in [1.54, 1.807) is 0 Å². The minimum Gasteiger partial charge on any atom is -0.316 e. The van der Waals surface area contributed by atoms with Gasteiger partial charge in [-0.3, -0.25) is 4.79 Å². The molecule has 3 heterocycles. The van der Waals surface area contributed by atoms with E-state index in [2.05, 4.69) is 17.4 Å². The van der Waals surface area contributed by atoms with Gasteiger partial charge < -0.3 is 10.2 Å². The second kappa shape index (κ2) is 4.34. The Bertz CT molecular complexity index is 532. The van der Waals surface area contributed by atoms with E-state index in [1.807, 2.05) is 4.90 Å². The molecule has 3 nitrogen and oxygen atoms in total. The van der Waals surface area contributed by atoms with E-state index in [4.69, 9.17) is 0 Å². The van der Waals surface area contributed by atoms with Gasteiger partial charge >= 0.3 is 0 Å². The number of amides is 1. The van der Waals surface area contributed by atoms with Crippen LogP contribution in [0.3, 0.4) is 0 Å². The maximum Gasteiger partial charge on any atom is 0.231 e. The molecule has 0 bridgehead atoms. The zero-order chi connectivity index (χ0) is 12.8. The van der Waals surface area contributed by atoms with Crippen molar-refractivity contribution in [3.8, 4) is 0 Å². The van der Waals surface area contributed by atoms with Crippen LogP contribution in [0.1, 0.15) is 29.5 Å². The number of nitrogens with one attached hydrogen (secondary N) is 1. The lowest BCUT2D eigenvalue weighted by Gasteiger charge is -2.26. The number of aryl methyl sites for hydroxylation is 1. The van der Waals surface area contributed by atoms with Crippen LogP contribution in [0.25, 0.3) is 0 Å². The summed E-state index contributed by atoms with van der Waals surface area (Å²) < 4.78 is 0. The van der Waals surface area contributed by atoms with Crippen LogP contribution in [0, 0.1) is 5.92 Å². The number of hydrogen-bond acceptors (Lipinski definition) is 2. The summed E-state index contributed by atoms with van der Waals surface area (Å²) in [7, 11) is 0. The van der Waals surface area contributed by atoms with Crippen molar-refractivity contribution in [2.45, 2.75) is 32.1 Å². The predicted octanol–water partition coefficient (Wildman–Crippen LogP) is 1.67. The van der Waals surface area contributed by atoms with Crippen LogP contribution in [0.15, 0.2) is 12.1 Å². The summed E-state index contributed by atoms with van der Waals surface area (Å²) in [6.07, 6.45) is 5.34. The van der Waals surface area contributed by atoms with E-state index in [0.29, 0.717) is 12.3 Å². The molecule has 3 aliphatic rings. The normalized spacial score (nSPS) is 24.9. The zero-order valence-electron chi connectivity index (χ0n) is 11.2. The average Bonchev–Trinajstić information content (AvgIpc) is 3.00. The SMILES string of the molecule is O=C1Cc2cc(CC3CCNC3)cc3c2N1CCC3. The zero-order valence-corrected chi connectivity index (χ0v) is 11.2. The standard InChI is InChI=1S/C16H20N2O/c19-15-9-14-8-12(6-11-3-4-17-10-11)7-13-2-1-5-18(15)16(13)14/h7-8,11,17H,1-6,9-10H2. The molecule has 100 valence electrons. The number of carbonyl (C=O) groups is 1. The number of hydrogen-bond donors (Lipinski definition) is 1. The van der Waals surface area contributed by atoms with Crippen LogP contribution in [-0.2, 0) is 24.1 Å². The van der Waals surface area contributed by atoms with Crippen molar-refractivity contribution in [1.82, 2.24) is 5.32 Å². The lowest BCUT2D eigenvalue weighted by atomic mass is 9.92. The Kier molecular flexibility index (Phi) is 2.62. The molecule has 4 rings (SSSR count). The number of benzene rings is 1. The van der Waals surface area contributed by atoms with Crippen LogP contribution in [0.5, 0.6) is 0 Å². The van der Waals surface area contributed by atoms with Crippen LogP contribution in [0.2, 0.25) is 0 Å². The summed E-state index contributed by atoms with van der Waals surface area (Å²) in [6.45, 7) is 3.23. The first kappa shape index (κ1) is 11.5. The van der Waals surface area contributed by atoms with Gasteiger partial charge in [0.05, 0.1) is 12.1 Å². The molecule has 1 aromatic rings. The molecule has 1 amide bonds. The Morgan fingerprint density at radius 2 is 2.21 bits per heavy atom. The first-order chi connectivity index (χ1) is 9.31. The van der Waals surface area contributed by atoms with Crippen LogP contribution < -0.4 is 10.2 Å². The molecule has 0 radical (unpaired) electrons. The first-order valence-electron chi connectivity index (χ1n) is 7.47. The van der Waals surface area contributed by atoms with Crippen LogP contribution in [0.4, 0.5) is 5.69 Å². The molecule has 1 N–H and O–H groups in total. The highest BCUT2D eigenvalue weighted by Gasteiger charge is 2.32. The summed E-state index contributed by atoms with van der Waals surface area (Å²) in [4.78, 5) is 14.0. The van der Waals surface area contributed by atoms with Gasteiger partial charge in [0.25, 0.3) is 0 Å². The van der Waals surface area contributed by atoms with E-state index in [-0.39, 0.29) is 0 Å². The molecule has 0 spiro atoms. The number of nitrogens with zero attached hydrogens (tertiary/aromatic N) is 1. The van der Waals surface area contributed by atoms with Crippen molar-refractivity contribution in [3.63, 3.8) is 0 Å². The van der Waals surface area contributed by atoms with Crippen molar-refractivity contribution < 1.29 is 4.79 Å². The van der Waals surface area contributed by atoms with Gasteiger partial charge in [0, 0.05) is 6.54 Å². The van der Waals surface area contributed by atoms with Crippen molar-refractivity contribution in [2.75, 3.05) is 24.5 Å². The topological polar surface area (TPSA) is 32.3 Å². The lowest BCUT2D eigenvalue weighted by Crippen LogP contribution is -2.31. The molecule has 1 saturated heterocycles. The Hall–Kier alpha value is -1.35. The maximum absolute atomic E-state index is 12.0. The van der Waals surface area contributed by atoms with E-state index >= 15 is 0 Å². The minimum atomic E-state index is 0.302. The molecular formula is C16H20N2O. The van der Waals surface area contributed by atoms with Crippen molar-refractivity contribution in [3.05, 3.63) is 28.8 Å². The third-order valence-electron chi connectivity index (χ3n) is 4.75. The first-order valence-corrected chi connectivity index (χ1v) is 7.47. The van der Waals surface area contributed by atoms with Gasteiger partial charge in [0.1, 0.15) is 0 Å². The van der Waals surface area contributed by atoms with E-state index in [9.17, 15) is 4.79 Å². The Balaban J connectivity index is 1.68. The third-order valence-corrected chi connectivity index (χ3v) is 4.75.